The van der Waals surface area contributed by atoms with Gasteiger partial charge < -0.3 is 44.7 Å². The predicted molar refractivity (Wildman–Crippen MR) is 290 cm³/mol. The molecule has 0 unspecified atom stereocenters. The van der Waals surface area contributed by atoms with Gasteiger partial charge in [0.05, 0.1) is 38.1 Å². The van der Waals surface area contributed by atoms with E-state index in [1.54, 1.807) is 60.3 Å². The van der Waals surface area contributed by atoms with Gasteiger partial charge >= 0.3 is 23.4 Å². The number of fused-ring (bicyclic) bond motifs is 2. The van der Waals surface area contributed by atoms with Crippen molar-refractivity contribution in [3.8, 4) is 34.0 Å². The van der Waals surface area contributed by atoms with E-state index in [2.05, 4.69) is 35.6 Å². The van der Waals surface area contributed by atoms with Gasteiger partial charge in [-0.25, -0.2) is 23.9 Å². The number of H-pyrrole nitrogens is 1. The van der Waals surface area contributed by atoms with Gasteiger partial charge in [0.25, 0.3) is 11.4 Å². The van der Waals surface area contributed by atoms with E-state index in [1.165, 1.54) is 44.8 Å². The molecule has 8 aromatic rings. The molecule has 0 aliphatic heterocycles. The molecule has 78 heavy (non-hydrogen) atoms. The van der Waals surface area contributed by atoms with E-state index >= 15 is 0 Å². The first-order valence-electron chi connectivity index (χ1n) is 23.6. The maximum absolute atomic E-state index is 13.4. The van der Waals surface area contributed by atoms with Gasteiger partial charge in [-0.1, -0.05) is 36.4 Å². The number of aromatic amines is 1. The molecule has 0 saturated heterocycles. The molecule has 0 bridgehead atoms. The SMILES string of the molecule is CN(C)CCN(C)c1cc(OC(F)F)c(Nc2nccc(-c3c[nH]c4ccccc34)n2)cc1[N+](=O)[O-].CN(C)CCN(C)c1cc(OC(F)F)c(Nc2nccc(-c3cn(S(=O)(=O)N(C)C)c4ccccc34)n2)cc1[N+](=O)[O-]. The summed E-state index contributed by atoms with van der Waals surface area (Å²) in [5.74, 6) is -0.616. The van der Waals surface area contributed by atoms with Crippen LogP contribution >= 0.6 is 0 Å². The van der Waals surface area contributed by atoms with Crippen LogP contribution in [0.3, 0.4) is 0 Å². The van der Waals surface area contributed by atoms with Crippen LogP contribution in [0.4, 0.5) is 63.6 Å². The van der Waals surface area contributed by atoms with Crippen molar-refractivity contribution in [3.05, 3.63) is 130 Å². The Bertz CT molecular complexity index is 3550. The van der Waals surface area contributed by atoms with Crippen LogP contribution in [0.2, 0.25) is 0 Å². The van der Waals surface area contributed by atoms with E-state index < -0.39 is 33.3 Å². The molecule has 0 aliphatic rings. The number of nitro benzene ring substituents is 2. The first-order valence-corrected chi connectivity index (χ1v) is 25.0. The number of nitro groups is 2. The highest BCUT2D eigenvalue weighted by molar-refractivity contribution is 7.87. The minimum Gasteiger partial charge on any atom is -0.433 e. The van der Waals surface area contributed by atoms with Crippen LogP contribution in [-0.4, -0.2) is 157 Å². The van der Waals surface area contributed by atoms with E-state index in [1.807, 2.05) is 68.5 Å². The zero-order valence-electron chi connectivity index (χ0n) is 43.4. The molecule has 4 aromatic heterocycles. The summed E-state index contributed by atoms with van der Waals surface area (Å²) in [6, 6.07) is 22.5. The summed E-state index contributed by atoms with van der Waals surface area (Å²) >= 11 is 0. The summed E-state index contributed by atoms with van der Waals surface area (Å²) in [5.41, 5.74) is 2.97. The lowest BCUT2D eigenvalue weighted by molar-refractivity contribution is -0.384. The van der Waals surface area contributed by atoms with Gasteiger partial charge in [0.15, 0.2) is 11.5 Å². The topological polar surface area (TPSA) is 251 Å². The summed E-state index contributed by atoms with van der Waals surface area (Å²) in [4.78, 5) is 50.0. The quantitative estimate of drug-likeness (QED) is 0.0325. The second-order valence-electron chi connectivity index (χ2n) is 18.1. The average Bonchev–Trinajstić information content (AvgIpc) is 4.21. The number of anilines is 6. The second kappa shape index (κ2) is 24.5. The number of nitrogens with one attached hydrogen (secondary N) is 3. The number of aromatic nitrogens is 6. The molecule has 8 rings (SSSR count). The van der Waals surface area contributed by atoms with Crippen LogP contribution in [0.15, 0.2) is 110 Å². The van der Waals surface area contributed by atoms with E-state index in [-0.39, 0.29) is 57.5 Å². The number of para-hydroxylation sites is 2. The summed E-state index contributed by atoms with van der Waals surface area (Å²) in [5, 5.41) is 30.9. The van der Waals surface area contributed by atoms with Gasteiger partial charge in [-0.3, -0.25) is 20.2 Å². The molecule has 0 aliphatic carbocycles. The second-order valence-corrected chi connectivity index (χ2v) is 20.1. The number of halogens is 4. The number of hydrogen-bond donors (Lipinski definition) is 3. The van der Waals surface area contributed by atoms with Crippen LogP contribution in [0.25, 0.3) is 44.3 Å². The van der Waals surface area contributed by atoms with Crippen molar-refractivity contribution in [2.45, 2.75) is 13.2 Å². The third-order valence-electron chi connectivity index (χ3n) is 11.9. The summed E-state index contributed by atoms with van der Waals surface area (Å²) in [6.07, 6.45) is 6.15. The number of alkyl halides is 4. The molecule has 0 atom stereocenters. The summed E-state index contributed by atoms with van der Waals surface area (Å²) in [7, 11) is 9.65. The Morgan fingerprint density at radius 2 is 1.10 bits per heavy atom. The molecular formula is C50H55F4N15O8S. The third-order valence-corrected chi connectivity index (χ3v) is 13.6. The van der Waals surface area contributed by atoms with Crippen molar-refractivity contribution in [1.82, 2.24) is 43.0 Å². The Balaban J connectivity index is 0.000000229. The van der Waals surface area contributed by atoms with Crippen LogP contribution in [0.1, 0.15) is 0 Å². The zero-order chi connectivity index (χ0) is 56.6. The molecule has 412 valence electrons. The number of hydrogen-bond acceptors (Lipinski definition) is 18. The van der Waals surface area contributed by atoms with Crippen LogP contribution in [0, 0.1) is 20.2 Å². The molecule has 4 heterocycles. The first kappa shape index (κ1) is 57.0. The normalized spacial score (nSPS) is 11.7. The molecule has 0 fully saturated rings. The molecule has 0 spiro atoms. The average molecular weight is 1100 g/mol. The Hall–Kier alpha value is -8.73. The smallest absolute Gasteiger partial charge is 0.387 e. The maximum atomic E-state index is 13.4. The van der Waals surface area contributed by atoms with E-state index in [4.69, 9.17) is 9.47 Å². The molecule has 4 aromatic carbocycles. The minimum atomic E-state index is -3.87. The lowest BCUT2D eigenvalue weighted by Gasteiger charge is -2.23. The molecule has 0 amide bonds. The van der Waals surface area contributed by atoms with E-state index in [0.29, 0.717) is 54.0 Å². The van der Waals surface area contributed by atoms with Crippen LogP contribution in [-0.2, 0) is 10.2 Å². The van der Waals surface area contributed by atoms with Gasteiger partial charge in [0.2, 0.25) is 11.9 Å². The number of likely N-dealkylation sites (N-methyl/N-ethyl adjacent to an activating group) is 4. The highest BCUT2D eigenvalue weighted by atomic mass is 32.2. The minimum absolute atomic E-state index is 0.0529. The maximum Gasteiger partial charge on any atom is 0.387 e. The summed E-state index contributed by atoms with van der Waals surface area (Å²) < 4.78 is 90.8. The Morgan fingerprint density at radius 3 is 1.56 bits per heavy atom. The number of rotatable bonds is 22. The molecule has 28 heteroatoms. The highest BCUT2D eigenvalue weighted by Crippen LogP contribution is 2.42. The highest BCUT2D eigenvalue weighted by Gasteiger charge is 2.27. The zero-order valence-corrected chi connectivity index (χ0v) is 44.2. The molecular weight excluding hydrogens is 1050 g/mol. The van der Waals surface area contributed by atoms with Crippen LogP contribution < -0.4 is 29.9 Å². The van der Waals surface area contributed by atoms with Gasteiger partial charge in [-0.05, 0) is 52.5 Å². The lowest BCUT2D eigenvalue weighted by atomic mass is 10.1. The van der Waals surface area contributed by atoms with Crippen molar-refractivity contribution in [2.24, 2.45) is 0 Å². The fraction of sp³-hybridized carbons (Fsp3) is 0.280. The van der Waals surface area contributed by atoms with Gasteiger partial charge in [-0.2, -0.15) is 30.3 Å². The number of nitrogens with zero attached hydrogens (tertiary/aromatic N) is 12. The number of ether oxygens (including phenoxy) is 2. The Kier molecular flexibility index (Phi) is 17.9. The Labute approximate surface area is 445 Å². The number of benzene rings is 4. The van der Waals surface area contributed by atoms with Crippen molar-refractivity contribution in [1.29, 1.82) is 0 Å². The van der Waals surface area contributed by atoms with Crippen LogP contribution in [0.5, 0.6) is 11.5 Å². The van der Waals surface area contributed by atoms with Gasteiger partial charge in [-0.15, -0.1) is 0 Å². The molecule has 0 radical (unpaired) electrons. The standard InChI is InChI=1S/C26H30F2N8O5S.C24H25F2N7O3/c1-32(2)12-13-34(5)22-15-24(41-25(27)28)20(14-23(22)36(37)38)31-26-29-11-10-19(30-26)18-16-35(42(39,40)33(3)4)21-9-7-6-8-17(18)21;1-31(2)10-11-32(3)20-13-22(36-23(25)26)19(12-21(20)33(34)35)30-24-27-9-8-18(29-24)16-14-28-17-7-5-4-6-15(16)17/h6-11,14-16,25H,12-13H2,1-5H3,(H,29,30,31);4-9,12-14,23,28H,10-11H2,1-3H3,(H,27,29,30). The Morgan fingerprint density at radius 1 is 0.641 bits per heavy atom. The van der Waals surface area contributed by atoms with Gasteiger partial charge in [0.1, 0.15) is 11.4 Å². The molecule has 23 nitrogen and oxygen atoms in total. The van der Waals surface area contributed by atoms with Crippen molar-refractivity contribution >= 4 is 78.0 Å². The van der Waals surface area contributed by atoms with Crippen molar-refractivity contribution in [2.75, 3.05) is 103 Å². The fourth-order valence-electron chi connectivity index (χ4n) is 7.93. The fourth-order valence-corrected chi connectivity index (χ4v) is 8.92. The van der Waals surface area contributed by atoms with Crippen molar-refractivity contribution in [3.63, 3.8) is 0 Å². The molecule has 0 saturated carbocycles. The lowest BCUT2D eigenvalue weighted by Crippen LogP contribution is -2.29. The summed E-state index contributed by atoms with van der Waals surface area (Å²) in [6.45, 7) is -4.35. The first-order chi connectivity index (χ1) is 37.0. The van der Waals surface area contributed by atoms with Crippen molar-refractivity contribution < 1.29 is 45.3 Å². The molecule has 3 N–H and O–H groups in total. The monoisotopic (exact) mass is 1100 g/mol. The largest absolute Gasteiger partial charge is 0.433 e. The van der Waals surface area contributed by atoms with Gasteiger partial charge in [0, 0.05) is 131 Å². The van der Waals surface area contributed by atoms with E-state index in [0.717, 1.165) is 36.9 Å². The third kappa shape index (κ3) is 13.4. The van der Waals surface area contributed by atoms with E-state index in [9.17, 15) is 46.2 Å². The predicted octanol–water partition coefficient (Wildman–Crippen LogP) is 8.88.